The largest absolute Gasteiger partial charge is 0.326 e. The van der Waals surface area contributed by atoms with Crippen molar-refractivity contribution in [3.63, 3.8) is 0 Å². The van der Waals surface area contributed by atoms with E-state index in [0.29, 0.717) is 5.92 Å². The van der Waals surface area contributed by atoms with Gasteiger partial charge >= 0.3 is 0 Å². The molecule has 2 unspecified atom stereocenters. The smallest absolute Gasteiger partial charge is 0.123 e. The second-order valence-corrected chi connectivity index (χ2v) is 6.55. The third-order valence-electron chi connectivity index (χ3n) is 3.54. The average molecular weight is 295 g/mol. The topological polar surface area (TPSA) is 32.5 Å². The van der Waals surface area contributed by atoms with Gasteiger partial charge in [0.15, 0.2) is 0 Å². The van der Waals surface area contributed by atoms with Crippen molar-refractivity contribution in [2.75, 3.05) is 33.7 Å². The molecule has 2 N–H and O–H groups in total. The van der Waals surface area contributed by atoms with Crippen molar-refractivity contribution in [3.8, 4) is 0 Å². The molecule has 0 saturated heterocycles. The minimum Gasteiger partial charge on any atom is -0.326 e. The highest BCUT2D eigenvalue weighted by atomic mass is 19.1. The summed E-state index contributed by atoms with van der Waals surface area (Å²) in [6.07, 6.45) is 0. The van der Waals surface area contributed by atoms with Crippen molar-refractivity contribution in [3.05, 3.63) is 35.6 Å². The number of benzene rings is 1. The molecular formula is C17H30FN3. The van der Waals surface area contributed by atoms with Crippen LogP contribution in [0.1, 0.15) is 32.4 Å². The fraction of sp³-hybridized carbons (Fsp3) is 0.647. The van der Waals surface area contributed by atoms with E-state index in [1.165, 1.54) is 12.1 Å². The van der Waals surface area contributed by atoms with Gasteiger partial charge in [-0.2, -0.15) is 0 Å². The van der Waals surface area contributed by atoms with Crippen molar-refractivity contribution in [2.24, 2.45) is 11.7 Å². The first-order valence-electron chi connectivity index (χ1n) is 7.71. The Labute approximate surface area is 128 Å². The zero-order valence-corrected chi connectivity index (χ0v) is 14.0. The zero-order chi connectivity index (χ0) is 16.0. The van der Waals surface area contributed by atoms with Crippen LogP contribution in [0.15, 0.2) is 24.3 Å². The van der Waals surface area contributed by atoms with Crippen LogP contribution in [0.25, 0.3) is 0 Å². The zero-order valence-electron chi connectivity index (χ0n) is 14.0. The molecule has 0 heterocycles. The van der Waals surface area contributed by atoms with Crippen LogP contribution in [0.3, 0.4) is 0 Å². The summed E-state index contributed by atoms with van der Waals surface area (Å²) >= 11 is 0. The summed E-state index contributed by atoms with van der Waals surface area (Å²) in [5, 5.41) is 0. The van der Waals surface area contributed by atoms with E-state index in [9.17, 15) is 4.39 Å². The maximum atomic E-state index is 13.2. The van der Waals surface area contributed by atoms with Crippen LogP contribution in [-0.2, 0) is 0 Å². The summed E-state index contributed by atoms with van der Waals surface area (Å²) in [7, 11) is 4.15. The van der Waals surface area contributed by atoms with Crippen molar-refractivity contribution in [2.45, 2.75) is 32.9 Å². The van der Waals surface area contributed by atoms with E-state index in [-0.39, 0.29) is 17.9 Å². The molecule has 0 amide bonds. The first-order chi connectivity index (χ1) is 9.81. The Balaban J connectivity index is 2.97. The quantitative estimate of drug-likeness (QED) is 0.800. The van der Waals surface area contributed by atoms with Gasteiger partial charge in [-0.3, -0.25) is 4.90 Å². The van der Waals surface area contributed by atoms with E-state index in [2.05, 4.69) is 37.7 Å². The van der Waals surface area contributed by atoms with Crippen LogP contribution in [0.5, 0.6) is 0 Å². The molecule has 0 saturated carbocycles. The van der Waals surface area contributed by atoms with Gasteiger partial charge in [-0.25, -0.2) is 4.39 Å². The van der Waals surface area contributed by atoms with Crippen molar-refractivity contribution in [1.29, 1.82) is 0 Å². The van der Waals surface area contributed by atoms with Crippen LogP contribution < -0.4 is 5.73 Å². The van der Waals surface area contributed by atoms with Gasteiger partial charge in [-0.15, -0.1) is 0 Å². The standard InChI is InChI=1S/C17H30FN3/c1-13(2)12-21(11-10-20(4)5)17(14(3)19)15-6-8-16(18)9-7-15/h6-9,13-14,17H,10-12,19H2,1-5H3. The third kappa shape index (κ3) is 6.12. The lowest BCUT2D eigenvalue weighted by Crippen LogP contribution is -2.44. The molecule has 1 rings (SSSR count). The van der Waals surface area contributed by atoms with Gasteiger partial charge < -0.3 is 10.6 Å². The Hall–Kier alpha value is -0.970. The summed E-state index contributed by atoms with van der Waals surface area (Å²) in [5.74, 6) is 0.361. The molecule has 0 fully saturated rings. The molecule has 0 aliphatic carbocycles. The van der Waals surface area contributed by atoms with E-state index < -0.39 is 0 Å². The fourth-order valence-corrected chi connectivity index (χ4v) is 2.65. The molecule has 1 aromatic carbocycles. The predicted molar refractivity (Wildman–Crippen MR) is 87.8 cm³/mol. The van der Waals surface area contributed by atoms with Gasteiger partial charge in [0.2, 0.25) is 0 Å². The molecule has 0 aliphatic heterocycles. The van der Waals surface area contributed by atoms with E-state index in [1.54, 1.807) is 0 Å². The minimum absolute atomic E-state index is 0.00336. The highest BCUT2D eigenvalue weighted by Crippen LogP contribution is 2.24. The molecule has 0 spiro atoms. The van der Waals surface area contributed by atoms with E-state index >= 15 is 0 Å². The Kier molecular flexibility index (Phi) is 7.29. The number of hydrogen-bond acceptors (Lipinski definition) is 3. The number of nitrogens with two attached hydrogens (primary N) is 1. The maximum absolute atomic E-state index is 13.2. The lowest BCUT2D eigenvalue weighted by Gasteiger charge is -2.36. The molecular weight excluding hydrogens is 265 g/mol. The molecule has 2 atom stereocenters. The van der Waals surface area contributed by atoms with Crippen LogP contribution >= 0.6 is 0 Å². The van der Waals surface area contributed by atoms with E-state index in [0.717, 1.165) is 25.2 Å². The SMILES string of the molecule is CC(C)CN(CCN(C)C)C(c1ccc(F)cc1)C(C)N. The molecule has 0 radical (unpaired) electrons. The Morgan fingerprint density at radius 2 is 1.62 bits per heavy atom. The third-order valence-corrected chi connectivity index (χ3v) is 3.54. The van der Waals surface area contributed by atoms with Crippen molar-refractivity contribution >= 4 is 0 Å². The molecule has 1 aromatic rings. The Morgan fingerprint density at radius 3 is 2.05 bits per heavy atom. The number of likely N-dealkylation sites (N-methyl/N-ethyl adjacent to an activating group) is 1. The summed E-state index contributed by atoms with van der Waals surface area (Å²) < 4.78 is 13.2. The molecule has 120 valence electrons. The first kappa shape index (κ1) is 18.1. The summed E-state index contributed by atoms with van der Waals surface area (Å²) in [4.78, 5) is 4.60. The normalized spacial score (nSPS) is 15.0. The van der Waals surface area contributed by atoms with Crippen molar-refractivity contribution in [1.82, 2.24) is 9.80 Å². The molecule has 3 nitrogen and oxygen atoms in total. The average Bonchev–Trinajstić information content (AvgIpc) is 2.37. The second-order valence-electron chi connectivity index (χ2n) is 6.55. The maximum Gasteiger partial charge on any atom is 0.123 e. The van der Waals surface area contributed by atoms with Gasteiger partial charge in [-0.05, 0) is 44.6 Å². The molecule has 0 aliphatic rings. The van der Waals surface area contributed by atoms with Gasteiger partial charge in [0.1, 0.15) is 5.82 Å². The summed E-state index contributed by atoms with van der Waals surface area (Å²) in [6, 6.07) is 6.86. The molecule has 0 bridgehead atoms. The first-order valence-corrected chi connectivity index (χ1v) is 7.71. The molecule has 0 aromatic heterocycles. The monoisotopic (exact) mass is 295 g/mol. The van der Waals surface area contributed by atoms with E-state index in [1.807, 2.05) is 19.1 Å². The molecule has 21 heavy (non-hydrogen) atoms. The lowest BCUT2D eigenvalue weighted by atomic mass is 9.98. The number of hydrogen-bond donors (Lipinski definition) is 1. The van der Waals surface area contributed by atoms with Crippen LogP contribution in [0, 0.1) is 11.7 Å². The fourth-order valence-electron chi connectivity index (χ4n) is 2.65. The van der Waals surface area contributed by atoms with Crippen LogP contribution in [0.4, 0.5) is 4.39 Å². The van der Waals surface area contributed by atoms with Gasteiger partial charge in [0.25, 0.3) is 0 Å². The Bertz CT molecular complexity index is 401. The predicted octanol–water partition coefficient (Wildman–Crippen LogP) is 2.73. The minimum atomic E-state index is -0.203. The highest BCUT2D eigenvalue weighted by molar-refractivity contribution is 5.21. The number of nitrogens with zero attached hydrogens (tertiary/aromatic N) is 2. The second kappa shape index (κ2) is 8.47. The van der Waals surface area contributed by atoms with Gasteiger partial charge in [0, 0.05) is 31.7 Å². The molecule has 4 heteroatoms. The summed E-state index contributed by atoms with van der Waals surface area (Å²) in [5.41, 5.74) is 7.33. The van der Waals surface area contributed by atoms with Crippen LogP contribution in [-0.4, -0.2) is 49.6 Å². The van der Waals surface area contributed by atoms with Gasteiger partial charge in [0.05, 0.1) is 0 Å². The van der Waals surface area contributed by atoms with Gasteiger partial charge in [-0.1, -0.05) is 26.0 Å². The Morgan fingerprint density at radius 1 is 1.05 bits per heavy atom. The van der Waals surface area contributed by atoms with Crippen LogP contribution in [0.2, 0.25) is 0 Å². The van der Waals surface area contributed by atoms with E-state index in [4.69, 9.17) is 5.73 Å². The highest BCUT2D eigenvalue weighted by Gasteiger charge is 2.24. The number of halogens is 1. The summed E-state index contributed by atoms with van der Waals surface area (Å²) in [6.45, 7) is 9.37. The van der Waals surface area contributed by atoms with Crippen molar-refractivity contribution < 1.29 is 4.39 Å². The lowest BCUT2D eigenvalue weighted by molar-refractivity contribution is 0.144. The number of rotatable bonds is 8.